The van der Waals surface area contributed by atoms with Crippen LogP contribution in [0.2, 0.25) is 0 Å². The van der Waals surface area contributed by atoms with Crippen LogP contribution in [0.1, 0.15) is 57.8 Å². The summed E-state index contributed by atoms with van der Waals surface area (Å²) in [6.07, 6.45) is 4.43. The molecule has 3 fully saturated rings. The predicted molar refractivity (Wildman–Crippen MR) is 98.9 cm³/mol. The normalized spacial score (nSPS) is 30.4. The Hall–Kier alpha value is -2.17. The molecule has 1 aromatic heterocycles. The van der Waals surface area contributed by atoms with E-state index in [1.54, 1.807) is 16.7 Å². The molecular weight excluding hydrogens is 384 g/mol. The van der Waals surface area contributed by atoms with Crippen LogP contribution >= 0.6 is 11.8 Å². The standard InChI is InChI=1S/C17H24N6O4S/c1-17(2)11(12-19-21-22-20-12)23-14(25)10(15(23)28-17)18-13(24)9(16(26)27)8-6-4-3-5-7-8/h8-11,15H,3-7H2,1-2H3,(H,18,24)(H,26,27)(H,19,20,21,22)/t9?,10?,11?,15-/m0/s1. The van der Waals surface area contributed by atoms with Crippen molar-refractivity contribution in [2.24, 2.45) is 11.8 Å². The Kier molecular flexibility index (Phi) is 4.80. The van der Waals surface area contributed by atoms with Crippen molar-refractivity contribution in [3.8, 4) is 0 Å². The molecule has 0 spiro atoms. The van der Waals surface area contributed by atoms with Crippen LogP contribution in [0.3, 0.4) is 0 Å². The van der Waals surface area contributed by atoms with E-state index in [4.69, 9.17) is 0 Å². The second-order valence-electron chi connectivity index (χ2n) is 8.25. The Morgan fingerprint density at radius 3 is 2.64 bits per heavy atom. The molecule has 4 atom stereocenters. The van der Waals surface area contributed by atoms with Crippen molar-refractivity contribution in [2.45, 2.75) is 68.2 Å². The first-order valence-electron chi connectivity index (χ1n) is 9.58. The number of nitrogens with zero attached hydrogens (tertiary/aromatic N) is 4. The number of β-lactam (4-membered cyclic amide) rings is 1. The van der Waals surface area contributed by atoms with E-state index in [0.29, 0.717) is 5.82 Å². The summed E-state index contributed by atoms with van der Waals surface area (Å²) in [5, 5.41) is 26.0. The van der Waals surface area contributed by atoms with Gasteiger partial charge in [-0.15, -0.1) is 16.9 Å². The lowest BCUT2D eigenvalue weighted by Crippen LogP contribution is -2.68. The molecule has 0 bridgehead atoms. The van der Waals surface area contributed by atoms with Gasteiger partial charge < -0.3 is 15.3 Å². The maximum atomic E-state index is 12.8. The van der Waals surface area contributed by atoms with E-state index >= 15 is 0 Å². The highest BCUT2D eigenvalue weighted by atomic mass is 32.2. The minimum absolute atomic E-state index is 0.168. The summed E-state index contributed by atoms with van der Waals surface area (Å²) >= 11 is 1.56. The Labute approximate surface area is 166 Å². The molecule has 2 saturated heterocycles. The molecule has 28 heavy (non-hydrogen) atoms. The monoisotopic (exact) mass is 408 g/mol. The van der Waals surface area contributed by atoms with Crippen LogP contribution in [0, 0.1) is 11.8 Å². The number of nitrogens with one attached hydrogen (secondary N) is 2. The largest absolute Gasteiger partial charge is 0.481 e. The Bertz CT molecular complexity index is 779. The highest BCUT2D eigenvalue weighted by Gasteiger charge is 2.63. The molecule has 1 aliphatic carbocycles. The number of tetrazole rings is 1. The molecular formula is C17H24N6O4S. The lowest BCUT2D eigenvalue weighted by atomic mass is 9.79. The predicted octanol–water partition coefficient (Wildman–Crippen LogP) is 0.700. The lowest BCUT2D eigenvalue weighted by molar-refractivity contribution is -0.157. The molecule has 0 aromatic carbocycles. The molecule has 3 aliphatic rings. The van der Waals surface area contributed by atoms with Crippen molar-refractivity contribution in [3.05, 3.63) is 5.82 Å². The molecule has 10 nitrogen and oxygen atoms in total. The minimum Gasteiger partial charge on any atom is -0.481 e. The number of rotatable bonds is 5. The average molecular weight is 408 g/mol. The maximum Gasteiger partial charge on any atom is 0.316 e. The molecule has 1 saturated carbocycles. The van der Waals surface area contributed by atoms with E-state index in [9.17, 15) is 19.5 Å². The fourth-order valence-electron chi connectivity index (χ4n) is 4.71. The van der Waals surface area contributed by atoms with Crippen LogP contribution in [-0.2, 0) is 14.4 Å². The van der Waals surface area contributed by atoms with Gasteiger partial charge in [-0.1, -0.05) is 19.3 Å². The number of carboxylic acids is 1. The van der Waals surface area contributed by atoms with E-state index in [0.717, 1.165) is 32.1 Å². The third kappa shape index (κ3) is 3.05. The lowest BCUT2D eigenvalue weighted by Gasteiger charge is -2.44. The number of aliphatic carboxylic acids is 1. The van der Waals surface area contributed by atoms with Crippen molar-refractivity contribution in [1.82, 2.24) is 30.8 Å². The van der Waals surface area contributed by atoms with E-state index in [1.807, 2.05) is 13.8 Å². The quantitative estimate of drug-likeness (QED) is 0.477. The third-order valence-corrected chi connectivity index (χ3v) is 7.60. The second-order valence-corrected chi connectivity index (χ2v) is 10.0. The summed E-state index contributed by atoms with van der Waals surface area (Å²) in [6, 6.07) is -1.05. The fraction of sp³-hybridized carbons (Fsp3) is 0.765. The zero-order valence-corrected chi connectivity index (χ0v) is 16.6. The smallest absolute Gasteiger partial charge is 0.316 e. The number of thioether (sulfide) groups is 1. The van der Waals surface area contributed by atoms with Gasteiger partial charge in [0.1, 0.15) is 23.4 Å². The van der Waals surface area contributed by atoms with Gasteiger partial charge in [0.15, 0.2) is 5.82 Å². The van der Waals surface area contributed by atoms with Crippen molar-refractivity contribution in [2.75, 3.05) is 0 Å². The zero-order chi connectivity index (χ0) is 20.1. The van der Waals surface area contributed by atoms with Gasteiger partial charge in [0.25, 0.3) is 0 Å². The SMILES string of the molecule is CC1(C)S[C@H]2C(NC(=O)C(C(=O)O)C3CCCCC3)C(=O)N2C1c1nnn[nH]1. The number of hydrogen-bond donors (Lipinski definition) is 3. The van der Waals surface area contributed by atoms with Crippen molar-refractivity contribution < 1.29 is 19.5 Å². The first-order chi connectivity index (χ1) is 13.3. The number of carbonyl (C=O) groups is 3. The molecule has 4 rings (SSSR count). The molecule has 2 aliphatic heterocycles. The first kappa shape index (κ1) is 19.2. The van der Waals surface area contributed by atoms with Crippen LogP contribution in [0.5, 0.6) is 0 Å². The number of carboxylic acid groups (broad SMARTS) is 1. The summed E-state index contributed by atoms with van der Waals surface area (Å²) in [6.45, 7) is 3.99. The highest BCUT2D eigenvalue weighted by molar-refractivity contribution is 8.01. The number of fused-ring (bicyclic) bond motifs is 1. The van der Waals surface area contributed by atoms with E-state index in [2.05, 4.69) is 25.9 Å². The van der Waals surface area contributed by atoms with Crippen molar-refractivity contribution in [1.29, 1.82) is 0 Å². The number of amides is 2. The Balaban J connectivity index is 1.48. The maximum absolute atomic E-state index is 12.8. The van der Waals surface area contributed by atoms with E-state index in [1.165, 1.54) is 0 Å². The van der Waals surface area contributed by atoms with Gasteiger partial charge in [-0.25, -0.2) is 5.10 Å². The van der Waals surface area contributed by atoms with Gasteiger partial charge in [-0.05, 0) is 43.0 Å². The van der Waals surface area contributed by atoms with Crippen LogP contribution in [0.4, 0.5) is 0 Å². The Morgan fingerprint density at radius 1 is 1.32 bits per heavy atom. The molecule has 0 radical (unpaired) electrons. The fourth-order valence-corrected chi connectivity index (χ4v) is 6.35. The van der Waals surface area contributed by atoms with Crippen LogP contribution in [-0.4, -0.2) is 64.6 Å². The second kappa shape index (κ2) is 7.02. The van der Waals surface area contributed by atoms with Gasteiger partial charge in [0.05, 0.1) is 0 Å². The molecule has 152 valence electrons. The van der Waals surface area contributed by atoms with Crippen LogP contribution in [0.25, 0.3) is 0 Å². The summed E-state index contributed by atoms with van der Waals surface area (Å²) in [4.78, 5) is 39.0. The van der Waals surface area contributed by atoms with Crippen LogP contribution < -0.4 is 5.32 Å². The molecule has 1 aromatic rings. The van der Waals surface area contributed by atoms with Gasteiger partial charge in [0.2, 0.25) is 11.8 Å². The zero-order valence-electron chi connectivity index (χ0n) is 15.8. The molecule has 3 N–H and O–H groups in total. The molecule has 2 amide bonds. The van der Waals surface area contributed by atoms with E-state index in [-0.39, 0.29) is 28.0 Å². The number of hydrogen-bond acceptors (Lipinski definition) is 7. The first-order valence-corrected chi connectivity index (χ1v) is 10.5. The molecule has 3 heterocycles. The summed E-state index contributed by atoms with van der Waals surface area (Å²) in [7, 11) is 0. The minimum atomic E-state index is -1.11. The van der Waals surface area contributed by atoms with E-state index < -0.39 is 23.8 Å². The number of carbonyl (C=O) groups excluding carboxylic acids is 2. The van der Waals surface area contributed by atoms with Gasteiger partial charge in [-0.3, -0.25) is 14.4 Å². The summed E-state index contributed by atoms with van der Waals surface area (Å²) in [5.74, 6) is -2.66. The van der Waals surface area contributed by atoms with Crippen molar-refractivity contribution >= 4 is 29.5 Å². The molecule has 3 unspecified atom stereocenters. The number of aromatic nitrogens is 4. The third-order valence-electron chi connectivity index (χ3n) is 6.03. The van der Waals surface area contributed by atoms with Gasteiger partial charge in [0, 0.05) is 4.75 Å². The number of H-pyrrole nitrogens is 1. The Morgan fingerprint density at radius 2 is 2.04 bits per heavy atom. The van der Waals surface area contributed by atoms with Gasteiger partial charge in [-0.2, -0.15) is 0 Å². The average Bonchev–Trinajstić information content (AvgIpc) is 3.24. The topological polar surface area (TPSA) is 141 Å². The summed E-state index contributed by atoms with van der Waals surface area (Å²) in [5.41, 5.74) is 0. The van der Waals surface area contributed by atoms with Gasteiger partial charge >= 0.3 is 5.97 Å². The summed E-state index contributed by atoms with van der Waals surface area (Å²) < 4.78 is -0.351. The van der Waals surface area contributed by atoms with Crippen LogP contribution in [0.15, 0.2) is 0 Å². The number of aromatic amines is 1. The highest BCUT2D eigenvalue weighted by Crippen LogP contribution is 2.56. The molecule has 11 heteroatoms. The van der Waals surface area contributed by atoms with Crippen molar-refractivity contribution in [3.63, 3.8) is 0 Å².